The van der Waals surface area contributed by atoms with Gasteiger partial charge in [-0.25, -0.2) is 13.2 Å². The zero-order valence-corrected chi connectivity index (χ0v) is 19.9. The number of nitrogens with zero attached hydrogens (tertiary/aromatic N) is 2. The van der Waals surface area contributed by atoms with Crippen molar-refractivity contribution in [3.05, 3.63) is 89.4 Å². The summed E-state index contributed by atoms with van der Waals surface area (Å²) < 4.78 is 32.5. The third kappa shape index (κ3) is 5.35. The lowest BCUT2D eigenvalue weighted by Gasteiger charge is -2.22. The molecular weight excluding hydrogens is 464 g/mol. The van der Waals surface area contributed by atoms with Crippen LogP contribution in [0.2, 0.25) is 5.02 Å². The summed E-state index contributed by atoms with van der Waals surface area (Å²) in [6, 6.07) is 21.2. The van der Waals surface area contributed by atoms with Crippen LogP contribution in [-0.4, -0.2) is 40.5 Å². The fourth-order valence-electron chi connectivity index (χ4n) is 3.08. The molecule has 9 heteroatoms. The van der Waals surface area contributed by atoms with Crippen LogP contribution in [0.1, 0.15) is 17.3 Å². The van der Waals surface area contributed by atoms with Crippen molar-refractivity contribution in [3.63, 3.8) is 0 Å². The number of likely N-dealkylation sites (N-methyl/N-ethyl adjacent to an activating group) is 1. The van der Waals surface area contributed by atoms with Gasteiger partial charge in [-0.3, -0.25) is 9.10 Å². The number of hydrogen-bond acceptors (Lipinski definition) is 5. The summed E-state index contributed by atoms with van der Waals surface area (Å²) in [6.07, 6.45) is -1.12. The first-order chi connectivity index (χ1) is 15.6. The predicted molar refractivity (Wildman–Crippen MR) is 128 cm³/mol. The summed E-state index contributed by atoms with van der Waals surface area (Å²) in [6.45, 7) is 1.44. The minimum absolute atomic E-state index is 0.0115. The van der Waals surface area contributed by atoms with E-state index in [0.717, 1.165) is 10.4 Å². The van der Waals surface area contributed by atoms with Crippen LogP contribution in [0.25, 0.3) is 0 Å². The van der Waals surface area contributed by atoms with Gasteiger partial charge in [0.25, 0.3) is 15.9 Å². The molecule has 3 aromatic rings. The molecule has 0 aliphatic heterocycles. The molecule has 0 aliphatic rings. The van der Waals surface area contributed by atoms with Gasteiger partial charge in [-0.05, 0) is 49.4 Å². The highest BCUT2D eigenvalue weighted by Gasteiger charge is 2.27. The average Bonchev–Trinajstić information content (AvgIpc) is 2.83. The Bertz CT molecular complexity index is 1250. The fourth-order valence-corrected chi connectivity index (χ4v) is 4.50. The van der Waals surface area contributed by atoms with Gasteiger partial charge in [0.1, 0.15) is 0 Å². The van der Waals surface area contributed by atoms with Crippen LogP contribution in [0.3, 0.4) is 0 Å². The van der Waals surface area contributed by atoms with E-state index in [2.05, 4.69) is 0 Å². The number of anilines is 2. The number of amides is 1. The molecule has 0 spiro atoms. The molecule has 0 fully saturated rings. The van der Waals surface area contributed by atoms with E-state index in [1.165, 1.54) is 31.0 Å². The standard InChI is InChI=1S/C24H23ClN2O5S/c1-17(23(28)26(2)18-10-6-4-7-11-18)32-24(29)21-16-20(14-15-22(21)25)33(30,31)27(3)19-12-8-5-9-13-19/h4-17H,1-3H3/t17-/m1/s1. The summed E-state index contributed by atoms with van der Waals surface area (Å²) >= 11 is 6.15. The molecule has 0 saturated carbocycles. The van der Waals surface area contributed by atoms with E-state index >= 15 is 0 Å². The molecule has 172 valence electrons. The molecule has 0 aromatic heterocycles. The molecule has 0 aliphatic carbocycles. The van der Waals surface area contributed by atoms with Crippen LogP contribution < -0.4 is 9.21 Å². The van der Waals surface area contributed by atoms with Crippen molar-refractivity contribution < 1.29 is 22.7 Å². The molecule has 33 heavy (non-hydrogen) atoms. The molecule has 3 rings (SSSR count). The molecule has 1 atom stereocenters. The number of para-hydroxylation sites is 2. The van der Waals surface area contributed by atoms with Crippen LogP contribution in [-0.2, 0) is 19.6 Å². The molecule has 0 bridgehead atoms. The largest absolute Gasteiger partial charge is 0.449 e. The second-order valence-corrected chi connectivity index (χ2v) is 9.61. The van der Waals surface area contributed by atoms with E-state index in [0.29, 0.717) is 11.4 Å². The minimum Gasteiger partial charge on any atom is -0.449 e. The number of carbonyl (C=O) groups is 2. The van der Waals surface area contributed by atoms with E-state index in [1.807, 2.05) is 6.07 Å². The first-order valence-electron chi connectivity index (χ1n) is 10.00. The van der Waals surface area contributed by atoms with Gasteiger partial charge in [0.2, 0.25) is 0 Å². The Morgan fingerprint density at radius 1 is 0.879 bits per heavy atom. The Morgan fingerprint density at radius 2 is 1.42 bits per heavy atom. The number of carbonyl (C=O) groups excluding carboxylic acids is 2. The van der Waals surface area contributed by atoms with Crippen molar-refractivity contribution in [2.24, 2.45) is 0 Å². The third-order valence-electron chi connectivity index (χ3n) is 5.04. The van der Waals surface area contributed by atoms with Crippen LogP contribution in [0, 0.1) is 0 Å². The van der Waals surface area contributed by atoms with Gasteiger partial charge in [0, 0.05) is 19.8 Å². The van der Waals surface area contributed by atoms with Crippen LogP contribution in [0.4, 0.5) is 11.4 Å². The lowest BCUT2D eigenvalue weighted by Crippen LogP contribution is -2.37. The van der Waals surface area contributed by atoms with Crippen LogP contribution in [0.15, 0.2) is 83.8 Å². The molecule has 1 amide bonds. The number of rotatable bonds is 7. The fraction of sp³-hybridized carbons (Fsp3) is 0.167. The monoisotopic (exact) mass is 486 g/mol. The SMILES string of the molecule is C[C@@H](OC(=O)c1cc(S(=O)(=O)N(C)c2ccccc2)ccc1Cl)C(=O)N(C)c1ccccc1. The summed E-state index contributed by atoms with van der Waals surface area (Å²) in [4.78, 5) is 26.7. The normalized spacial score (nSPS) is 12.0. The summed E-state index contributed by atoms with van der Waals surface area (Å²) in [7, 11) is -0.982. The molecule has 7 nitrogen and oxygen atoms in total. The van der Waals surface area contributed by atoms with Crippen molar-refractivity contribution in [1.29, 1.82) is 0 Å². The lowest BCUT2D eigenvalue weighted by atomic mass is 10.2. The van der Waals surface area contributed by atoms with Gasteiger partial charge in [0.15, 0.2) is 6.10 Å². The van der Waals surface area contributed by atoms with Crippen molar-refractivity contribution >= 4 is 44.9 Å². The highest BCUT2D eigenvalue weighted by Crippen LogP contribution is 2.26. The Labute approximate surface area is 198 Å². The van der Waals surface area contributed by atoms with E-state index in [-0.39, 0.29) is 15.5 Å². The topological polar surface area (TPSA) is 84.0 Å². The number of halogens is 1. The predicted octanol–water partition coefficient (Wildman–Crippen LogP) is 4.37. The van der Waals surface area contributed by atoms with Gasteiger partial charge in [-0.2, -0.15) is 0 Å². The molecule has 0 N–H and O–H groups in total. The number of hydrogen-bond donors (Lipinski definition) is 0. The number of benzene rings is 3. The van der Waals surface area contributed by atoms with E-state index < -0.39 is 28.0 Å². The maximum atomic E-state index is 13.1. The highest BCUT2D eigenvalue weighted by atomic mass is 35.5. The maximum absolute atomic E-state index is 13.1. The van der Waals surface area contributed by atoms with Gasteiger partial charge in [0.05, 0.1) is 21.2 Å². The van der Waals surface area contributed by atoms with Gasteiger partial charge in [-0.1, -0.05) is 48.0 Å². The molecule has 0 heterocycles. The van der Waals surface area contributed by atoms with Crippen LogP contribution >= 0.6 is 11.6 Å². The van der Waals surface area contributed by atoms with E-state index in [4.69, 9.17) is 16.3 Å². The Hall–Kier alpha value is -3.36. The minimum atomic E-state index is -3.97. The maximum Gasteiger partial charge on any atom is 0.340 e. The van der Waals surface area contributed by atoms with E-state index in [9.17, 15) is 18.0 Å². The quantitative estimate of drug-likeness (QED) is 0.463. The van der Waals surface area contributed by atoms with Crippen molar-refractivity contribution in [2.45, 2.75) is 17.9 Å². The molecule has 0 radical (unpaired) electrons. The summed E-state index contributed by atoms with van der Waals surface area (Å²) in [5, 5.41) is 0.0115. The summed E-state index contributed by atoms with van der Waals surface area (Å²) in [5.74, 6) is -1.35. The molecule has 0 saturated heterocycles. The van der Waals surface area contributed by atoms with Crippen molar-refractivity contribution in [3.8, 4) is 0 Å². The van der Waals surface area contributed by atoms with Crippen molar-refractivity contribution in [2.75, 3.05) is 23.3 Å². The van der Waals surface area contributed by atoms with Gasteiger partial charge >= 0.3 is 5.97 Å². The average molecular weight is 487 g/mol. The number of sulfonamides is 1. The Morgan fingerprint density at radius 3 is 2.00 bits per heavy atom. The van der Waals surface area contributed by atoms with Crippen LogP contribution in [0.5, 0.6) is 0 Å². The zero-order valence-electron chi connectivity index (χ0n) is 18.3. The first-order valence-corrected chi connectivity index (χ1v) is 11.8. The summed E-state index contributed by atoms with van der Waals surface area (Å²) in [5.41, 5.74) is 0.946. The second-order valence-electron chi connectivity index (χ2n) is 7.23. The number of ether oxygens (including phenoxy) is 1. The van der Waals surface area contributed by atoms with Gasteiger partial charge in [-0.15, -0.1) is 0 Å². The Balaban J connectivity index is 1.81. The Kier molecular flexibility index (Phi) is 7.40. The zero-order chi connectivity index (χ0) is 24.2. The van der Waals surface area contributed by atoms with Gasteiger partial charge < -0.3 is 9.64 Å². The molecular formula is C24H23ClN2O5S. The second kappa shape index (κ2) is 10.1. The van der Waals surface area contributed by atoms with E-state index in [1.54, 1.807) is 61.6 Å². The smallest absolute Gasteiger partial charge is 0.340 e. The lowest BCUT2D eigenvalue weighted by molar-refractivity contribution is -0.126. The molecule has 0 unspecified atom stereocenters. The first kappa shape index (κ1) is 24.3. The number of esters is 1. The van der Waals surface area contributed by atoms with Crippen molar-refractivity contribution in [1.82, 2.24) is 0 Å². The molecule has 3 aromatic carbocycles. The highest BCUT2D eigenvalue weighted by molar-refractivity contribution is 7.92. The third-order valence-corrected chi connectivity index (χ3v) is 7.15.